The first-order valence-corrected chi connectivity index (χ1v) is 8.05. The molecule has 0 amide bonds. The normalized spacial score (nSPS) is 36.2. The number of halogens is 3. The Balaban J connectivity index is 2.21. The van der Waals surface area contributed by atoms with Gasteiger partial charge in [-0.3, -0.25) is 10.2 Å². The smallest absolute Gasteiger partial charge is 0.303 e. The fourth-order valence-electron chi connectivity index (χ4n) is 2.55. The quantitative estimate of drug-likeness (QED) is 0.337. The van der Waals surface area contributed by atoms with Crippen molar-refractivity contribution >= 4 is 46.7 Å². The minimum Gasteiger partial charge on any atom is -0.457 e. The first kappa shape index (κ1) is 19.0. The predicted octanol–water partition coefficient (Wildman–Crippen LogP) is 2.55. The number of ether oxygens (including phenoxy) is 5. The second-order valence-corrected chi connectivity index (χ2v) is 8.07. The van der Waals surface area contributed by atoms with E-state index >= 15 is 0 Å². The summed E-state index contributed by atoms with van der Waals surface area (Å²) >= 11 is 16.9. The molecule has 0 saturated carbocycles. The van der Waals surface area contributed by atoms with Crippen molar-refractivity contribution in [2.75, 3.05) is 0 Å². The van der Waals surface area contributed by atoms with Crippen LogP contribution in [0, 0.1) is 5.41 Å². The number of alkyl halides is 3. The summed E-state index contributed by atoms with van der Waals surface area (Å²) in [6.45, 7) is 6.40. The minimum absolute atomic E-state index is 0.467. The van der Waals surface area contributed by atoms with Gasteiger partial charge in [0, 0.05) is 6.92 Å². The van der Waals surface area contributed by atoms with Gasteiger partial charge in [0.2, 0.25) is 12.2 Å². The Bertz CT molecular complexity index is 495. The van der Waals surface area contributed by atoms with Gasteiger partial charge in [-0.25, -0.2) is 0 Å². The molecule has 7 nitrogen and oxygen atoms in total. The van der Waals surface area contributed by atoms with Crippen LogP contribution in [0.15, 0.2) is 0 Å². The van der Waals surface area contributed by atoms with E-state index in [-0.39, 0.29) is 0 Å². The monoisotopic (exact) mass is 389 g/mol. The van der Waals surface area contributed by atoms with Gasteiger partial charge in [-0.2, -0.15) is 0 Å². The molecule has 0 aromatic rings. The lowest BCUT2D eigenvalue weighted by molar-refractivity contribution is -0.252. The van der Waals surface area contributed by atoms with Crippen LogP contribution >= 0.6 is 34.8 Å². The highest BCUT2D eigenvalue weighted by molar-refractivity contribution is 6.76. The van der Waals surface area contributed by atoms with Gasteiger partial charge in [-0.05, 0) is 20.8 Å². The highest BCUT2D eigenvalue weighted by atomic mass is 35.6. The van der Waals surface area contributed by atoms with Crippen molar-refractivity contribution in [1.29, 1.82) is 5.41 Å². The highest BCUT2D eigenvalue weighted by Gasteiger charge is 2.57. The van der Waals surface area contributed by atoms with Crippen LogP contribution in [0.5, 0.6) is 0 Å². The van der Waals surface area contributed by atoms with Crippen molar-refractivity contribution in [2.24, 2.45) is 0 Å². The Morgan fingerprint density at radius 3 is 2.26 bits per heavy atom. The van der Waals surface area contributed by atoms with Crippen molar-refractivity contribution in [3.05, 3.63) is 0 Å². The number of rotatable bonds is 2. The topological polar surface area (TPSA) is 87.1 Å². The summed E-state index contributed by atoms with van der Waals surface area (Å²) < 4.78 is 25.8. The molecule has 2 fully saturated rings. The van der Waals surface area contributed by atoms with E-state index in [1.54, 1.807) is 20.8 Å². The van der Waals surface area contributed by atoms with E-state index in [4.69, 9.17) is 63.9 Å². The molecule has 0 aliphatic carbocycles. The zero-order valence-corrected chi connectivity index (χ0v) is 15.2. The van der Waals surface area contributed by atoms with Crippen LogP contribution in [0.4, 0.5) is 0 Å². The van der Waals surface area contributed by atoms with Crippen molar-refractivity contribution in [3.8, 4) is 0 Å². The molecule has 132 valence electrons. The largest absolute Gasteiger partial charge is 0.457 e. The van der Waals surface area contributed by atoms with Gasteiger partial charge >= 0.3 is 5.97 Å². The van der Waals surface area contributed by atoms with Crippen molar-refractivity contribution in [1.82, 2.24) is 0 Å². The molecule has 5 atom stereocenters. The number of carbonyl (C=O) groups excluding carboxylic acids is 1. The maximum Gasteiger partial charge on any atom is 0.303 e. The predicted molar refractivity (Wildman–Crippen MR) is 82.8 cm³/mol. The third-order valence-corrected chi connectivity index (χ3v) is 3.88. The highest BCUT2D eigenvalue weighted by Crippen LogP contribution is 2.40. The van der Waals surface area contributed by atoms with Gasteiger partial charge in [0.05, 0.1) is 6.10 Å². The fourth-order valence-corrected chi connectivity index (χ4v) is 2.68. The molecule has 2 aliphatic heterocycles. The Kier molecular flexibility index (Phi) is 5.41. The lowest BCUT2D eigenvalue weighted by Gasteiger charge is -2.40. The second kappa shape index (κ2) is 6.54. The molecule has 2 heterocycles. The Labute approximate surface area is 148 Å². The fraction of sp³-hybridized carbons (Fsp3) is 0.846. The van der Waals surface area contributed by atoms with Crippen LogP contribution in [0.2, 0.25) is 0 Å². The Morgan fingerprint density at radius 1 is 1.17 bits per heavy atom. The maximum absolute atomic E-state index is 11.3. The number of fused-ring (bicyclic) bond motifs is 1. The number of esters is 1. The molecule has 0 bridgehead atoms. The maximum atomic E-state index is 11.3. The van der Waals surface area contributed by atoms with Gasteiger partial charge in [0.1, 0.15) is 6.10 Å². The molecule has 2 saturated heterocycles. The zero-order valence-electron chi connectivity index (χ0n) is 13.0. The molecule has 0 aromatic carbocycles. The minimum atomic E-state index is -2.02. The lowest BCUT2D eigenvalue weighted by atomic mass is 10.00. The van der Waals surface area contributed by atoms with Crippen molar-refractivity contribution in [3.63, 3.8) is 0 Å². The van der Waals surface area contributed by atoms with Gasteiger partial charge in [0.15, 0.2) is 18.0 Å². The molecule has 23 heavy (non-hydrogen) atoms. The molecule has 2 rings (SSSR count). The summed E-state index contributed by atoms with van der Waals surface area (Å²) in [5.41, 5.74) is 0. The van der Waals surface area contributed by atoms with Crippen LogP contribution in [0.3, 0.4) is 0 Å². The van der Waals surface area contributed by atoms with Crippen LogP contribution < -0.4 is 0 Å². The van der Waals surface area contributed by atoms with Crippen LogP contribution in [0.1, 0.15) is 27.7 Å². The van der Waals surface area contributed by atoms with E-state index in [1.807, 2.05) is 0 Å². The van der Waals surface area contributed by atoms with Crippen LogP contribution in [-0.2, 0) is 28.5 Å². The Morgan fingerprint density at radius 2 is 1.74 bits per heavy atom. The second-order valence-electron chi connectivity index (χ2n) is 5.79. The lowest BCUT2D eigenvalue weighted by Crippen LogP contribution is -2.58. The summed E-state index contributed by atoms with van der Waals surface area (Å²) in [4.78, 5) is 11.3. The number of carbonyl (C=O) groups is 1. The van der Waals surface area contributed by atoms with Gasteiger partial charge in [-0.1, -0.05) is 34.8 Å². The first-order valence-electron chi connectivity index (χ1n) is 6.91. The molecule has 0 radical (unpaired) electrons. The zero-order chi connectivity index (χ0) is 17.6. The van der Waals surface area contributed by atoms with Crippen molar-refractivity contribution in [2.45, 2.75) is 68.0 Å². The van der Waals surface area contributed by atoms with E-state index < -0.39 is 52.2 Å². The first-order chi connectivity index (χ1) is 10.4. The number of nitrogens with one attached hydrogen (secondary N) is 1. The summed E-state index contributed by atoms with van der Waals surface area (Å²) in [6.07, 6.45) is -3.66. The average Bonchev–Trinajstić information content (AvgIpc) is 2.68. The van der Waals surface area contributed by atoms with Crippen molar-refractivity contribution < 1.29 is 28.5 Å². The summed E-state index contributed by atoms with van der Waals surface area (Å²) in [7, 11) is 0. The molecule has 0 aromatic heterocycles. The van der Waals surface area contributed by atoms with E-state index in [1.165, 1.54) is 6.92 Å². The van der Waals surface area contributed by atoms with E-state index in [0.29, 0.717) is 0 Å². The van der Waals surface area contributed by atoms with E-state index in [9.17, 15) is 4.79 Å². The van der Waals surface area contributed by atoms with Gasteiger partial charge < -0.3 is 23.7 Å². The molecule has 1 N–H and O–H groups in total. The Hall–Kier alpha value is -0.310. The molecular weight excluding hydrogens is 373 g/mol. The summed E-state index contributed by atoms with van der Waals surface area (Å²) in [5, 5.41) is 7.68. The van der Waals surface area contributed by atoms with E-state index in [2.05, 4.69) is 0 Å². The van der Waals surface area contributed by atoms with Crippen LogP contribution in [-0.4, -0.2) is 52.2 Å². The SMILES string of the molecule is CC(=O)O[C@@H]1[C@H]2OC(C)(C)O[C@H]2[C@H](OC(=N)C(Cl)(Cl)Cl)O[C@H]1C. The molecular formula is C13H18Cl3NO6. The summed E-state index contributed by atoms with van der Waals surface area (Å²) in [5.74, 6) is -2.01. The van der Waals surface area contributed by atoms with Gasteiger partial charge in [0.25, 0.3) is 3.79 Å². The average molecular weight is 391 g/mol. The third kappa shape index (κ3) is 4.41. The molecule has 10 heteroatoms. The molecule has 2 aliphatic rings. The molecule has 0 unspecified atom stereocenters. The number of hydrogen-bond donors (Lipinski definition) is 1. The number of hydrogen-bond acceptors (Lipinski definition) is 7. The van der Waals surface area contributed by atoms with Gasteiger partial charge in [-0.15, -0.1) is 0 Å². The van der Waals surface area contributed by atoms with Crippen LogP contribution in [0.25, 0.3) is 0 Å². The van der Waals surface area contributed by atoms with E-state index in [0.717, 1.165) is 0 Å². The standard InChI is InChI=1S/C13H18Cl3NO6/c1-5-7(20-6(2)18)8-9(23-12(3,4)22-8)10(19-5)21-11(17)13(14,15)16/h5,7-10,17H,1-4H3/t5-,7-,8+,9+,10-/m0/s1. The summed E-state index contributed by atoms with van der Waals surface area (Å²) in [6, 6.07) is 0. The molecule has 0 spiro atoms. The third-order valence-electron chi connectivity index (χ3n) is 3.36.